The highest BCUT2D eigenvalue weighted by molar-refractivity contribution is 5.85. The summed E-state index contributed by atoms with van der Waals surface area (Å²) in [6, 6.07) is 0. The van der Waals surface area contributed by atoms with Gasteiger partial charge in [0.05, 0.1) is 0 Å². The molecule has 2 N–H and O–H groups in total. The van der Waals surface area contributed by atoms with Crippen LogP contribution in [0.15, 0.2) is 0 Å². The van der Waals surface area contributed by atoms with Crippen molar-refractivity contribution in [3.8, 4) is 179 Å². The van der Waals surface area contributed by atoms with Gasteiger partial charge in [0.25, 0.3) is 0 Å². The van der Waals surface area contributed by atoms with Gasteiger partial charge in [-0.3, -0.25) is 14.4 Å². The molecule has 0 aliphatic heterocycles. The second-order valence-electron chi connectivity index (χ2n) is 16.7. The van der Waals surface area contributed by atoms with Crippen molar-refractivity contribution in [1.82, 2.24) is 10.6 Å². The van der Waals surface area contributed by atoms with Gasteiger partial charge in [0.1, 0.15) is 5.78 Å². The molecule has 0 unspecified atom stereocenters. The average molecular weight is 789 g/mol. The van der Waals surface area contributed by atoms with E-state index in [4.69, 9.17) is 12.8 Å². The fourth-order valence-corrected chi connectivity index (χ4v) is 3.12. The Kier molecular flexibility index (Phi) is 32.2. The molecule has 5 nitrogen and oxygen atoms in total. The molecule has 0 aromatic heterocycles. The van der Waals surface area contributed by atoms with Crippen molar-refractivity contribution < 1.29 is 14.4 Å². The summed E-state index contributed by atoms with van der Waals surface area (Å²) in [5.41, 5.74) is 0.361. The minimum atomic E-state index is -0.0258. The molecule has 0 bridgehead atoms. The normalized spacial score (nSPS) is 8.17. The molecule has 0 saturated heterocycles. The van der Waals surface area contributed by atoms with Crippen LogP contribution < -0.4 is 10.6 Å². The maximum absolute atomic E-state index is 11.6. The molecule has 0 radical (unpaired) electrons. The topological polar surface area (TPSA) is 75.3 Å². The average Bonchev–Trinajstić information content (AvgIpc) is 3.12. The summed E-state index contributed by atoms with van der Waals surface area (Å²) >= 11 is 0. The van der Waals surface area contributed by atoms with E-state index in [0.717, 1.165) is 6.54 Å². The number of Topliss-reactive ketones (excluding diaryl/α,β-unsaturated/α-hetero) is 1. The molecule has 2 amide bonds. The first kappa shape index (κ1) is 56.3. The third-order valence-corrected chi connectivity index (χ3v) is 5.39. The van der Waals surface area contributed by atoms with E-state index in [1.54, 1.807) is 0 Å². The second kappa shape index (κ2) is 34.3. The lowest BCUT2D eigenvalue weighted by Crippen LogP contribution is -2.34. The summed E-state index contributed by atoms with van der Waals surface area (Å²) in [4.78, 5) is 34.5. The van der Waals surface area contributed by atoms with Crippen LogP contribution >= 0.6 is 0 Å². The van der Waals surface area contributed by atoms with E-state index in [2.05, 4.69) is 239 Å². The van der Waals surface area contributed by atoms with Crippen molar-refractivity contribution in [2.75, 3.05) is 13.1 Å². The van der Waals surface area contributed by atoms with Gasteiger partial charge < -0.3 is 10.6 Å². The molecule has 0 spiro atoms. The molecular formula is C55H52N2O3. The van der Waals surface area contributed by atoms with Gasteiger partial charge in [0.15, 0.2) is 0 Å². The van der Waals surface area contributed by atoms with Crippen molar-refractivity contribution >= 4 is 17.6 Å². The van der Waals surface area contributed by atoms with Crippen LogP contribution in [0.1, 0.15) is 109 Å². The van der Waals surface area contributed by atoms with E-state index < -0.39 is 0 Å². The first-order valence-electron chi connectivity index (χ1n) is 18.5. The molecule has 0 atom stereocenters. The van der Waals surface area contributed by atoms with Crippen molar-refractivity contribution in [3.05, 3.63) is 0 Å². The Morgan fingerprint density at radius 2 is 0.567 bits per heavy atom. The molecule has 60 heavy (non-hydrogen) atoms. The zero-order chi connectivity index (χ0) is 46.2. The van der Waals surface area contributed by atoms with E-state index >= 15 is 0 Å². The largest absolute Gasteiger partial charge is 0.356 e. The van der Waals surface area contributed by atoms with Crippen molar-refractivity contribution in [2.24, 2.45) is 21.7 Å². The highest BCUT2D eigenvalue weighted by atomic mass is 16.2. The Balaban J connectivity index is -0.000000909. The number of hydrogen-bond donors (Lipinski definition) is 2. The van der Waals surface area contributed by atoms with Gasteiger partial charge in [0, 0.05) is 110 Å². The van der Waals surface area contributed by atoms with Crippen LogP contribution in [0, 0.1) is 200 Å². The van der Waals surface area contributed by atoms with Gasteiger partial charge in [-0.15, -0.1) is 12.8 Å². The van der Waals surface area contributed by atoms with Crippen LogP contribution in [0.3, 0.4) is 0 Å². The van der Waals surface area contributed by atoms with Crippen LogP contribution in [0.4, 0.5) is 0 Å². The van der Waals surface area contributed by atoms with Crippen LogP contribution in [0.25, 0.3) is 0 Å². The Bertz CT molecular complexity index is 2330. The molecule has 5 heteroatoms. The van der Waals surface area contributed by atoms with E-state index in [9.17, 15) is 14.4 Å². The van der Waals surface area contributed by atoms with E-state index in [1.165, 1.54) is 0 Å². The summed E-state index contributed by atoms with van der Waals surface area (Å²) in [5.74, 6) is 68.5. The zero-order valence-electron chi connectivity index (χ0n) is 37.1. The second-order valence-corrected chi connectivity index (χ2v) is 16.7. The molecule has 0 saturated carbocycles. The first-order chi connectivity index (χ1) is 28.0. The number of carbonyl (C=O) groups excluding carboxylic acids is 3. The van der Waals surface area contributed by atoms with Gasteiger partial charge >= 0.3 is 0 Å². The van der Waals surface area contributed by atoms with Gasteiger partial charge in [-0.2, -0.15) is 0 Å². The zero-order valence-corrected chi connectivity index (χ0v) is 37.1. The number of terminal acetylenes is 2. The van der Waals surface area contributed by atoms with Crippen molar-refractivity contribution in [3.63, 3.8) is 0 Å². The van der Waals surface area contributed by atoms with Crippen LogP contribution in [0.2, 0.25) is 0 Å². The van der Waals surface area contributed by atoms with Gasteiger partial charge in [0.2, 0.25) is 11.8 Å². The third kappa shape index (κ3) is 56.7. The van der Waals surface area contributed by atoms with Crippen molar-refractivity contribution in [1.29, 1.82) is 0 Å². The molecule has 0 rings (SSSR count). The number of amides is 2. The Morgan fingerprint density at radius 3 is 0.783 bits per heavy atom. The fourth-order valence-electron chi connectivity index (χ4n) is 3.12. The molecule has 0 aliphatic rings. The maximum Gasteiger partial charge on any atom is 0.220 e. The smallest absolute Gasteiger partial charge is 0.220 e. The number of rotatable bonds is 7. The number of carbonyl (C=O) groups is 3. The molecule has 0 heterocycles. The van der Waals surface area contributed by atoms with E-state index in [0.29, 0.717) is 32.2 Å². The SMILES string of the molecule is C#CC#CC#CC#CC#CC#CC#CC#CC#CC#CC#CC#CC#CC#CC#C.CC(C)(C)CNC(=O)CC(C)(C)C.CC(C)(C)CNC(=O)CCC(=O)CC(C)(C)C. The van der Waals surface area contributed by atoms with Gasteiger partial charge in [-0.1, -0.05) is 83.1 Å². The Hall–Kier alpha value is -7.99. The highest BCUT2D eigenvalue weighted by Crippen LogP contribution is 2.20. The van der Waals surface area contributed by atoms with Crippen molar-refractivity contribution in [2.45, 2.75) is 109 Å². The monoisotopic (exact) mass is 788 g/mol. The summed E-state index contributed by atoms with van der Waals surface area (Å²) in [7, 11) is 0. The molecular weight excluding hydrogens is 737 g/mol. The first-order valence-corrected chi connectivity index (χ1v) is 18.5. The van der Waals surface area contributed by atoms with Crippen LogP contribution in [0.5, 0.6) is 0 Å². The summed E-state index contributed by atoms with van der Waals surface area (Å²) < 4.78 is 0. The highest BCUT2D eigenvalue weighted by Gasteiger charge is 2.18. The summed E-state index contributed by atoms with van der Waals surface area (Å²) in [6.45, 7) is 26.3. The Morgan fingerprint density at radius 1 is 0.333 bits per heavy atom. The van der Waals surface area contributed by atoms with Crippen LogP contribution in [-0.4, -0.2) is 30.7 Å². The molecule has 0 fully saturated rings. The minimum Gasteiger partial charge on any atom is -0.356 e. The lowest BCUT2D eigenvalue weighted by molar-refractivity contribution is -0.126. The van der Waals surface area contributed by atoms with Crippen LogP contribution in [-0.2, 0) is 14.4 Å². The predicted molar refractivity (Wildman–Crippen MR) is 246 cm³/mol. The lowest BCUT2D eigenvalue weighted by Gasteiger charge is -2.21. The number of ketones is 1. The van der Waals surface area contributed by atoms with Gasteiger partial charge in [-0.25, -0.2) is 0 Å². The third-order valence-electron chi connectivity index (χ3n) is 5.39. The standard InChI is InChI=1S/C30H2.C14H27NO2.C11H23NO/c1-3-5-7-9-11-13-15-17-19-21-23-25-27-29-30-28-26-24-22-20-18-16-14-12-10-8-6-4-2;1-13(2,3)9-11(16)7-8-12(17)15-10-14(4,5)6;1-10(2,3)7-9(13)12-8-11(4,5)6/h1-2H;7-10H2,1-6H3,(H,15,17);7-8H2,1-6H3,(H,12,13). The molecule has 0 aliphatic carbocycles. The van der Waals surface area contributed by atoms with E-state index in [-0.39, 0.29) is 39.3 Å². The fraction of sp³-hybridized carbons (Fsp3) is 0.400. The van der Waals surface area contributed by atoms with Gasteiger partial charge in [-0.05, 0) is 116 Å². The quantitative estimate of drug-likeness (QED) is 0.320. The van der Waals surface area contributed by atoms with E-state index in [1.807, 2.05) is 20.8 Å². The molecule has 0 aromatic carbocycles. The lowest BCUT2D eigenvalue weighted by atomic mass is 9.89. The maximum atomic E-state index is 11.6. The molecule has 0 aromatic rings. The Labute approximate surface area is 363 Å². The molecule has 300 valence electrons. The predicted octanol–water partition coefficient (Wildman–Crippen LogP) is 5.82. The summed E-state index contributed by atoms with van der Waals surface area (Å²) in [5, 5.41) is 5.79. The summed E-state index contributed by atoms with van der Waals surface area (Å²) in [6.07, 6.45) is 11.6. The number of hydrogen-bond acceptors (Lipinski definition) is 3. The number of nitrogens with one attached hydrogen (secondary N) is 2. The minimum absolute atomic E-state index is 0.0129.